The highest BCUT2D eigenvalue weighted by Gasteiger charge is 2.06. The molecule has 0 spiro atoms. The molecule has 1 unspecified atom stereocenters. The number of anilines is 1. The molecule has 106 valence electrons. The van der Waals surface area contributed by atoms with Gasteiger partial charge in [-0.25, -0.2) is 9.97 Å². The van der Waals surface area contributed by atoms with Crippen molar-refractivity contribution >= 4 is 11.7 Å². The Morgan fingerprint density at radius 3 is 2.68 bits per heavy atom. The fourth-order valence-electron chi connectivity index (χ4n) is 1.54. The zero-order valence-corrected chi connectivity index (χ0v) is 12.2. The second-order valence-corrected chi connectivity index (χ2v) is 5.04. The summed E-state index contributed by atoms with van der Waals surface area (Å²) in [6.45, 7) is 8.82. The van der Waals surface area contributed by atoms with E-state index in [9.17, 15) is 4.79 Å². The van der Waals surface area contributed by atoms with Gasteiger partial charge in [0.25, 0.3) is 0 Å². The molecule has 0 aromatic carbocycles. The molecule has 0 saturated carbocycles. The van der Waals surface area contributed by atoms with E-state index in [1.54, 1.807) is 6.33 Å². The summed E-state index contributed by atoms with van der Waals surface area (Å²) in [6, 6.07) is 2.16. The molecule has 19 heavy (non-hydrogen) atoms. The van der Waals surface area contributed by atoms with Crippen molar-refractivity contribution in [1.82, 2.24) is 15.3 Å². The summed E-state index contributed by atoms with van der Waals surface area (Å²) < 4.78 is 0. The molecule has 0 fully saturated rings. The first-order valence-corrected chi connectivity index (χ1v) is 6.88. The summed E-state index contributed by atoms with van der Waals surface area (Å²) in [5.41, 5.74) is 1.00. The van der Waals surface area contributed by atoms with Crippen LogP contribution in [-0.4, -0.2) is 28.5 Å². The van der Waals surface area contributed by atoms with Crippen molar-refractivity contribution in [3.8, 4) is 0 Å². The van der Waals surface area contributed by atoms with Gasteiger partial charge in [0, 0.05) is 30.8 Å². The van der Waals surface area contributed by atoms with Crippen LogP contribution in [0.3, 0.4) is 0 Å². The average Bonchev–Trinajstić information content (AvgIpc) is 2.38. The molecule has 1 amide bonds. The summed E-state index contributed by atoms with van der Waals surface area (Å²) in [4.78, 5) is 19.9. The third-order valence-corrected chi connectivity index (χ3v) is 2.96. The van der Waals surface area contributed by atoms with Gasteiger partial charge in [-0.15, -0.1) is 0 Å². The maximum Gasteiger partial charge on any atom is 0.221 e. The van der Waals surface area contributed by atoms with Crippen LogP contribution < -0.4 is 10.6 Å². The summed E-state index contributed by atoms with van der Waals surface area (Å²) in [7, 11) is 0. The van der Waals surface area contributed by atoms with Crippen LogP contribution in [0.15, 0.2) is 12.4 Å². The molecule has 1 aromatic rings. The van der Waals surface area contributed by atoms with Crippen molar-refractivity contribution in [2.45, 2.75) is 52.5 Å². The number of rotatable bonds is 7. The molecule has 0 aliphatic carbocycles. The lowest BCUT2D eigenvalue weighted by Crippen LogP contribution is -2.33. The molecule has 1 rings (SSSR count). The Labute approximate surface area is 115 Å². The van der Waals surface area contributed by atoms with Gasteiger partial charge >= 0.3 is 0 Å². The minimum atomic E-state index is 0.0694. The SMILES string of the molecule is CCC(C)NC(=O)CCNc1cc(C(C)C)ncn1. The van der Waals surface area contributed by atoms with Gasteiger partial charge in [-0.3, -0.25) is 4.79 Å². The summed E-state index contributed by atoms with van der Waals surface area (Å²) >= 11 is 0. The lowest BCUT2D eigenvalue weighted by molar-refractivity contribution is -0.121. The molecule has 0 aliphatic rings. The Balaban J connectivity index is 2.37. The molecule has 0 radical (unpaired) electrons. The Morgan fingerprint density at radius 2 is 2.05 bits per heavy atom. The quantitative estimate of drug-likeness (QED) is 0.793. The van der Waals surface area contributed by atoms with E-state index in [1.807, 2.05) is 13.0 Å². The minimum absolute atomic E-state index is 0.0694. The number of aromatic nitrogens is 2. The number of carbonyl (C=O) groups excluding carboxylic acids is 1. The lowest BCUT2D eigenvalue weighted by Gasteiger charge is -2.12. The Bertz CT molecular complexity index is 406. The van der Waals surface area contributed by atoms with Gasteiger partial charge in [-0.2, -0.15) is 0 Å². The Kier molecular flexibility index (Phi) is 6.25. The molecule has 2 N–H and O–H groups in total. The van der Waals surface area contributed by atoms with Crippen LogP contribution in [0.1, 0.15) is 52.1 Å². The van der Waals surface area contributed by atoms with Crippen LogP contribution in [0.2, 0.25) is 0 Å². The van der Waals surface area contributed by atoms with Gasteiger partial charge in [-0.1, -0.05) is 20.8 Å². The van der Waals surface area contributed by atoms with Crippen LogP contribution in [0.5, 0.6) is 0 Å². The van der Waals surface area contributed by atoms with Crippen molar-refractivity contribution < 1.29 is 4.79 Å². The molecular weight excluding hydrogens is 240 g/mol. The topological polar surface area (TPSA) is 66.9 Å². The molecule has 5 heteroatoms. The van der Waals surface area contributed by atoms with E-state index in [1.165, 1.54) is 0 Å². The normalized spacial score (nSPS) is 12.3. The van der Waals surface area contributed by atoms with Crippen molar-refractivity contribution in [3.05, 3.63) is 18.1 Å². The molecule has 5 nitrogen and oxygen atoms in total. The van der Waals surface area contributed by atoms with E-state index < -0.39 is 0 Å². The van der Waals surface area contributed by atoms with Gasteiger partial charge in [0.2, 0.25) is 5.91 Å². The highest BCUT2D eigenvalue weighted by atomic mass is 16.1. The first-order chi connectivity index (χ1) is 9.02. The maximum atomic E-state index is 11.6. The first-order valence-electron chi connectivity index (χ1n) is 6.88. The van der Waals surface area contributed by atoms with Crippen LogP contribution in [0, 0.1) is 0 Å². The fourth-order valence-corrected chi connectivity index (χ4v) is 1.54. The van der Waals surface area contributed by atoms with E-state index in [0.717, 1.165) is 17.9 Å². The Hall–Kier alpha value is -1.65. The third-order valence-electron chi connectivity index (χ3n) is 2.96. The monoisotopic (exact) mass is 264 g/mol. The van der Waals surface area contributed by atoms with Crippen LogP contribution in [0.4, 0.5) is 5.82 Å². The van der Waals surface area contributed by atoms with E-state index in [2.05, 4.69) is 41.4 Å². The van der Waals surface area contributed by atoms with Crippen molar-refractivity contribution in [2.24, 2.45) is 0 Å². The minimum Gasteiger partial charge on any atom is -0.369 e. The smallest absolute Gasteiger partial charge is 0.221 e. The van der Waals surface area contributed by atoms with E-state index >= 15 is 0 Å². The van der Waals surface area contributed by atoms with Gasteiger partial charge in [-0.05, 0) is 19.3 Å². The zero-order valence-electron chi connectivity index (χ0n) is 12.2. The molecule has 1 aromatic heterocycles. The predicted molar refractivity (Wildman–Crippen MR) is 77.1 cm³/mol. The molecule has 0 aliphatic heterocycles. The summed E-state index contributed by atoms with van der Waals surface area (Å²) in [5.74, 6) is 1.22. The highest BCUT2D eigenvalue weighted by Crippen LogP contribution is 2.13. The predicted octanol–water partition coefficient (Wildman–Crippen LogP) is 2.32. The maximum absolute atomic E-state index is 11.6. The lowest BCUT2D eigenvalue weighted by atomic mass is 10.1. The molecule has 1 heterocycles. The second kappa shape index (κ2) is 7.71. The number of hydrogen-bond donors (Lipinski definition) is 2. The van der Waals surface area contributed by atoms with Crippen LogP contribution in [0.25, 0.3) is 0 Å². The van der Waals surface area contributed by atoms with Gasteiger partial charge in [0.1, 0.15) is 12.1 Å². The van der Waals surface area contributed by atoms with Crippen LogP contribution >= 0.6 is 0 Å². The van der Waals surface area contributed by atoms with E-state index in [4.69, 9.17) is 0 Å². The molecular formula is C14H24N4O. The van der Waals surface area contributed by atoms with E-state index in [0.29, 0.717) is 18.9 Å². The van der Waals surface area contributed by atoms with Gasteiger partial charge in [0.15, 0.2) is 0 Å². The fraction of sp³-hybridized carbons (Fsp3) is 0.643. The Morgan fingerprint density at radius 1 is 1.32 bits per heavy atom. The van der Waals surface area contributed by atoms with Crippen LogP contribution in [-0.2, 0) is 4.79 Å². The van der Waals surface area contributed by atoms with Crippen molar-refractivity contribution in [3.63, 3.8) is 0 Å². The summed E-state index contributed by atoms with van der Waals surface area (Å²) in [6.07, 6.45) is 2.95. The number of hydrogen-bond acceptors (Lipinski definition) is 4. The highest BCUT2D eigenvalue weighted by molar-refractivity contribution is 5.76. The van der Waals surface area contributed by atoms with Crippen molar-refractivity contribution in [1.29, 1.82) is 0 Å². The number of amides is 1. The third kappa shape index (κ3) is 5.68. The average molecular weight is 264 g/mol. The standard InChI is InChI=1S/C14H24N4O/c1-5-11(4)18-14(19)6-7-15-13-8-12(10(2)3)16-9-17-13/h8-11H,5-7H2,1-4H3,(H,18,19)(H,15,16,17). The first kappa shape index (κ1) is 15.4. The largest absolute Gasteiger partial charge is 0.369 e. The molecule has 0 saturated heterocycles. The number of nitrogens with zero attached hydrogens (tertiary/aromatic N) is 2. The summed E-state index contributed by atoms with van der Waals surface area (Å²) in [5, 5.41) is 6.08. The molecule has 0 bridgehead atoms. The number of carbonyl (C=O) groups is 1. The van der Waals surface area contributed by atoms with E-state index in [-0.39, 0.29) is 11.9 Å². The molecule has 1 atom stereocenters. The number of nitrogens with one attached hydrogen (secondary N) is 2. The second-order valence-electron chi connectivity index (χ2n) is 5.04. The van der Waals surface area contributed by atoms with Crippen molar-refractivity contribution in [2.75, 3.05) is 11.9 Å². The van der Waals surface area contributed by atoms with Gasteiger partial charge in [0.05, 0.1) is 0 Å². The van der Waals surface area contributed by atoms with Gasteiger partial charge < -0.3 is 10.6 Å². The zero-order chi connectivity index (χ0) is 14.3.